The van der Waals surface area contributed by atoms with Crippen molar-refractivity contribution in [1.29, 1.82) is 0 Å². The van der Waals surface area contributed by atoms with Crippen LogP contribution in [0.15, 0.2) is 30.6 Å². The number of nitrogens with zero attached hydrogens (tertiary/aromatic N) is 3. The van der Waals surface area contributed by atoms with Gasteiger partial charge in [-0.3, -0.25) is 4.90 Å². The molecule has 0 radical (unpaired) electrons. The SMILES string of the molecule is CCc1nccn1CC(C)N1CCOc2ccc(Cl)cc2C1. The molecule has 1 aliphatic heterocycles. The quantitative estimate of drug-likeness (QED) is 0.865. The van der Waals surface area contributed by atoms with E-state index in [1.165, 1.54) is 0 Å². The molecule has 1 aromatic heterocycles. The molecule has 0 bridgehead atoms. The summed E-state index contributed by atoms with van der Waals surface area (Å²) in [6.07, 6.45) is 4.90. The van der Waals surface area contributed by atoms with E-state index in [1.54, 1.807) is 0 Å². The van der Waals surface area contributed by atoms with Gasteiger partial charge in [0.15, 0.2) is 0 Å². The fourth-order valence-electron chi connectivity index (χ4n) is 2.98. The summed E-state index contributed by atoms with van der Waals surface area (Å²) in [6, 6.07) is 6.28. The van der Waals surface area contributed by atoms with Crippen LogP contribution in [0.2, 0.25) is 5.02 Å². The third kappa shape index (κ3) is 3.28. The molecule has 0 N–H and O–H groups in total. The highest BCUT2D eigenvalue weighted by Crippen LogP contribution is 2.27. The highest BCUT2D eigenvalue weighted by atomic mass is 35.5. The Balaban J connectivity index is 1.74. The molecule has 1 atom stereocenters. The van der Waals surface area contributed by atoms with Gasteiger partial charge in [-0.2, -0.15) is 0 Å². The van der Waals surface area contributed by atoms with Crippen molar-refractivity contribution in [2.75, 3.05) is 13.2 Å². The summed E-state index contributed by atoms with van der Waals surface area (Å²) in [5, 5.41) is 0.764. The molecule has 0 saturated heterocycles. The standard InChI is InChI=1S/C17H22ClN3O/c1-3-17-19-6-7-21(17)11-13(2)20-8-9-22-16-5-4-15(18)10-14(16)12-20/h4-7,10,13H,3,8-9,11-12H2,1-2H3. The lowest BCUT2D eigenvalue weighted by molar-refractivity contribution is 0.164. The fourth-order valence-corrected chi connectivity index (χ4v) is 3.17. The molecule has 118 valence electrons. The maximum atomic E-state index is 6.13. The van der Waals surface area contributed by atoms with Crippen molar-refractivity contribution in [3.63, 3.8) is 0 Å². The minimum Gasteiger partial charge on any atom is -0.492 e. The second-order valence-corrected chi connectivity index (χ2v) is 6.21. The minimum absolute atomic E-state index is 0.410. The van der Waals surface area contributed by atoms with E-state index < -0.39 is 0 Å². The highest BCUT2D eigenvalue weighted by molar-refractivity contribution is 6.30. The molecule has 2 heterocycles. The largest absolute Gasteiger partial charge is 0.492 e. The Morgan fingerprint density at radius 2 is 2.27 bits per heavy atom. The summed E-state index contributed by atoms with van der Waals surface area (Å²) in [7, 11) is 0. The van der Waals surface area contributed by atoms with E-state index in [9.17, 15) is 0 Å². The predicted molar refractivity (Wildman–Crippen MR) is 88.4 cm³/mol. The van der Waals surface area contributed by atoms with Gasteiger partial charge in [-0.25, -0.2) is 4.98 Å². The Morgan fingerprint density at radius 1 is 1.41 bits per heavy atom. The topological polar surface area (TPSA) is 30.3 Å². The molecule has 0 aliphatic carbocycles. The fraction of sp³-hybridized carbons (Fsp3) is 0.471. The van der Waals surface area contributed by atoms with Crippen LogP contribution in [0.5, 0.6) is 5.75 Å². The van der Waals surface area contributed by atoms with Crippen molar-refractivity contribution in [2.24, 2.45) is 0 Å². The normalized spacial score (nSPS) is 16.7. The van der Waals surface area contributed by atoms with Gasteiger partial charge in [0.25, 0.3) is 0 Å². The van der Waals surface area contributed by atoms with Crippen molar-refractivity contribution >= 4 is 11.6 Å². The van der Waals surface area contributed by atoms with Crippen LogP contribution in [-0.4, -0.2) is 33.6 Å². The van der Waals surface area contributed by atoms with Crippen molar-refractivity contribution in [3.05, 3.63) is 47.0 Å². The zero-order chi connectivity index (χ0) is 15.5. The van der Waals surface area contributed by atoms with Gasteiger partial charge in [0.1, 0.15) is 18.2 Å². The van der Waals surface area contributed by atoms with Crippen LogP contribution in [0.3, 0.4) is 0 Å². The molecular weight excluding hydrogens is 298 g/mol. The molecule has 3 rings (SSSR count). The molecule has 2 aromatic rings. The summed E-state index contributed by atoms with van der Waals surface area (Å²) in [4.78, 5) is 6.85. The molecule has 22 heavy (non-hydrogen) atoms. The first-order valence-corrected chi connectivity index (χ1v) is 8.20. The number of halogens is 1. The first-order valence-electron chi connectivity index (χ1n) is 7.82. The Bertz CT molecular complexity index is 641. The van der Waals surface area contributed by atoms with Gasteiger partial charge >= 0.3 is 0 Å². The molecule has 4 nitrogen and oxygen atoms in total. The van der Waals surface area contributed by atoms with Gasteiger partial charge in [0.05, 0.1) is 0 Å². The Kier molecular flexibility index (Phi) is 4.69. The number of fused-ring (bicyclic) bond motifs is 1. The van der Waals surface area contributed by atoms with Gasteiger partial charge < -0.3 is 9.30 Å². The number of imidazole rings is 1. The lowest BCUT2D eigenvalue weighted by atomic mass is 10.1. The van der Waals surface area contributed by atoms with E-state index in [0.717, 1.165) is 48.2 Å². The molecule has 1 aromatic carbocycles. The first kappa shape index (κ1) is 15.4. The van der Waals surface area contributed by atoms with Gasteiger partial charge in [0, 0.05) is 55.1 Å². The van der Waals surface area contributed by atoms with Crippen LogP contribution in [0.1, 0.15) is 25.2 Å². The summed E-state index contributed by atoms with van der Waals surface area (Å²) in [5.41, 5.74) is 1.16. The maximum Gasteiger partial charge on any atom is 0.123 e. The third-order valence-corrected chi connectivity index (χ3v) is 4.47. The van der Waals surface area contributed by atoms with Crippen molar-refractivity contribution in [1.82, 2.24) is 14.5 Å². The zero-order valence-corrected chi connectivity index (χ0v) is 13.9. The van der Waals surface area contributed by atoms with E-state index >= 15 is 0 Å². The second-order valence-electron chi connectivity index (χ2n) is 5.77. The van der Waals surface area contributed by atoms with E-state index in [-0.39, 0.29) is 0 Å². The van der Waals surface area contributed by atoms with Gasteiger partial charge in [-0.15, -0.1) is 0 Å². The van der Waals surface area contributed by atoms with E-state index in [1.807, 2.05) is 24.4 Å². The summed E-state index contributed by atoms with van der Waals surface area (Å²) in [6.45, 7) is 7.84. The lowest BCUT2D eigenvalue weighted by Crippen LogP contribution is -2.37. The summed E-state index contributed by atoms with van der Waals surface area (Å²) < 4.78 is 8.09. The maximum absolute atomic E-state index is 6.13. The number of ether oxygens (including phenoxy) is 1. The molecular formula is C17H22ClN3O. The van der Waals surface area contributed by atoms with Crippen LogP contribution >= 0.6 is 11.6 Å². The zero-order valence-electron chi connectivity index (χ0n) is 13.1. The Hall–Kier alpha value is -1.52. The van der Waals surface area contributed by atoms with E-state index in [4.69, 9.17) is 16.3 Å². The summed E-state index contributed by atoms with van der Waals surface area (Å²) >= 11 is 6.13. The number of benzene rings is 1. The van der Waals surface area contributed by atoms with E-state index in [2.05, 4.69) is 34.5 Å². The number of rotatable bonds is 4. The van der Waals surface area contributed by atoms with Gasteiger partial charge in [-0.05, 0) is 25.1 Å². The number of aryl methyl sites for hydroxylation is 1. The van der Waals surface area contributed by atoms with Crippen molar-refractivity contribution in [3.8, 4) is 5.75 Å². The smallest absolute Gasteiger partial charge is 0.123 e. The van der Waals surface area contributed by atoms with Crippen LogP contribution in [0.4, 0.5) is 0 Å². The average Bonchev–Trinajstić information content (AvgIpc) is 2.84. The Morgan fingerprint density at radius 3 is 3.09 bits per heavy atom. The van der Waals surface area contributed by atoms with E-state index in [0.29, 0.717) is 12.6 Å². The molecule has 1 unspecified atom stereocenters. The van der Waals surface area contributed by atoms with Crippen LogP contribution in [-0.2, 0) is 19.5 Å². The molecule has 1 aliphatic rings. The second kappa shape index (κ2) is 6.71. The molecule has 0 fully saturated rings. The summed E-state index contributed by atoms with van der Waals surface area (Å²) in [5.74, 6) is 2.09. The molecule has 5 heteroatoms. The third-order valence-electron chi connectivity index (χ3n) is 4.23. The monoisotopic (exact) mass is 319 g/mol. The molecule has 0 amide bonds. The molecule has 0 saturated carbocycles. The number of hydrogen-bond acceptors (Lipinski definition) is 3. The Labute approximate surface area is 136 Å². The van der Waals surface area contributed by atoms with Crippen molar-refractivity contribution < 1.29 is 4.74 Å². The van der Waals surface area contributed by atoms with Crippen molar-refractivity contribution in [2.45, 2.75) is 39.4 Å². The lowest BCUT2D eigenvalue weighted by Gasteiger charge is -2.27. The number of hydrogen-bond donors (Lipinski definition) is 0. The number of aromatic nitrogens is 2. The van der Waals surface area contributed by atoms with Crippen LogP contribution < -0.4 is 4.74 Å². The predicted octanol–water partition coefficient (Wildman–Crippen LogP) is 3.38. The average molecular weight is 320 g/mol. The molecule has 0 spiro atoms. The van der Waals surface area contributed by atoms with Crippen LogP contribution in [0.25, 0.3) is 0 Å². The van der Waals surface area contributed by atoms with Crippen LogP contribution in [0, 0.1) is 0 Å². The minimum atomic E-state index is 0.410. The highest BCUT2D eigenvalue weighted by Gasteiger charge is 2.20. The van der Waals surface area contributed by atoms with Gasteiger partial charge in [-0.1, -0.05) is 18.5 Å². The first-order chi connectivity index (χ1) is 10.7. The van der Waals surface area contributed by atoms with Gasteiger partial charge in [0.2, 0.25) is 0 Å².